The van der Waals surface area contributed by atoms with Gasteiger partial charge in [0.1, 0.15) is 5.82 Å². The van der Waals surface area contributed by atoms with E-state index in [-0.39, 0.29) is 17.7 Å². The molecule has 1 unspecified atom stereocenters. The number of halogens is 1. The van der Waals surface area contributed by atoms with Crippen LogP contribution in [-0.4, -0.2) is 42.4 Å². The molecule has 1 amide bonds. The molecule has 1 aromatic carbocycles. The first-order chi connectivity index (χ1) is 9.06. The number of carbonyl (C=O) groups excluding carboxylic acids is 1. The van der Waals surface area contributed by atoms with Crippen molar-refractivity contribution in [3.8, 4) is 0 Å². The Hall–Kier alpha value is -1.27. The first kappa shape index (κ1) is 14.1. The molecule has 1 aliphatic heterocycles. The number of nitrogens with zero attached hydrogens (tertiary/aromatic N) is 1. The third-order valence-electron chi connectivity index (χ3n) is 2.93. The smallest absolute Gasteiger partial charge is 0.233 e. The summed E-state index contributed by atoms with van der Waals surface area (Å²) in [6.07, 6.45) is 0.0802. The Morgan fingerprint density at radius 1 is 1.63 bits per heavy atom. The summed E-state index contributed by atoms with van der Waals surface area (Å²) < 4.78 is 18.6. The zero-order valence-electron chi connectivity index (χ0n) is 10.8. The molecule has 1 aliphatic rings. The Bertz CT molecular complexity index is 470. The summed E-state index contributed by atoms with van der Waals surface area (Å²) in [4.78, 5) is 14.5. The van der Waals surface area contributed by atoms with Crippen LogP contribution in [-0.2, 0) is 9.53 Å². The molecule has 0 aliphatic carbocycles. The van der Waals surface area contributed by atoms with Crippen molar-refractivity contribution in [1.29, 1.82) is 0 Å². The maximum absolute atomic E-state index is 13.3. The van der Waals surface area contributed by atoms with Crippen molar-refractivity contribution in [3.05, 3.63) is 24.0 Å². The molecule has 6 heteroatoms. The van der Waals surface area contributed by atoms with E-state index in [4.69, 9.17) is 10.5 Å². The summed E-state index contributed by atoms with van der Waals surface area (Å²) in [7, 11) is 0. The maximum atomic E-state index is 13.3. The number of hydrogen-bond donors (Lipinski definition) is 1. The number of morpholine rings is 1. The SMILES string of the molecule is CC1CN(C(=O)CSc2ccc(N)c(F)c2)CCO1. The lowest BCUT2D eigenvalue weighted by Crippen LogP contribution is -2.45. The minimum absolute atomic E-state index is 0.0531. The zero-order chi connectivity index (χ0) is 13.8. The van der Waals surface area contributed by atoms with Gasteiger partial charge in [-0.05, 0) is 25.1 Å². The van der Waals surface area contributed by atoms with E-state index in [1.165, 1.54) is 23.9 Å². The Morgan fingerprint density at radius 2 is 2.42 bits per heavy atom. The quantitative estimate of drug-likeness (QED) is 0.678. The number of nitrogen functional groups attached to an aromatic ring is 1. The second-order valence-corrected chi connectivity index (χ2v) is 5.54. The van der Waals surface area contributed by atoms with Crippen molar-refractivity contribution in [2.75, 3.05) is 31.2 Å². The predicted octanol–water partition coefficient (Wildman–Crippen LogP) is 1.75. The molecule has 2 rings (SSSR count). The highest BCUT2D eigenvalue weighted by molar-refractivity contribution is 8.00. The molecule has 0 aromatic heterocycles. The highest BCUT2D eigenvalue weighted by atomic mass is 32.2. The Labute approximate surface area is 116 Å². The van der Waals surface area contributed by atoms with Crippen LogP contribution in [0.3, 0.4) is 0 Å². The molecule has 1 atom stereocenters. The summed E-state index contributed by atoms with van der Waals surface area (Å²) in [5, 5.41) is 0. The van der Waals surface area contributed by atoms with Crippen LogP contribution in [0.5, 0.6) is 0 Å². The number of benzene rings is 1. The second kappa shape index (κ2) is 6.25. The molecule has 0 radical (unpaired) electrons. The first-order valence-corrected chi connectivity index (χ1v) is 7.12. The molecular formula is C13H17FN2O2S. The van der Waals surface area contributed by atoms with Crippen LogP contribution in [0.4, 0.5) is 10.1 Å². The van der Waals surface area contributed by atoms with E-state index in [0.29, 0.717) is 30.3 Å². The molecule has 4 nitrogen and oxygen atoms in total. The van der Waals surface area contributed by atoms with Gasteiger partial charge in [-0.3, -0.25) is 4.79 Å². The summed E-state index contributed by atoms with van der Waals surface area (Å²) >= 11 is 1.32. The van der Waals surface area contributed by atoms with Crippen LogP contribution in [0, 0.1) is 5.82 Å². The predicted molar refractivity (Wildman–Crippen MR) is 73.5 cm³/mol. The zero-order valence-corrected chi connectivity index (χ0v) is 11.6. The normalized spacial score (nSPS) is 19.5. The fourth-order valence-electron chi connectivity index (χ4n) is 1.88. The van der Waals surface area contributed by atoms with Crippen molar-refractivity contribution < 1.29 is 13.9 Å². The van der Waals surface area contributed by atoms with Crippen LogP contribution in [0.25, 0.3) is 0 Å². The number of thioether (sulfide) groups is 1. The van der Waals surface area contributed by atoms with Gasteiger partial charge in [0.15, 0.2) is 0 Å². The molecule has 104 valence electrons. The topological polar surface area (TPSA) is 55.6 Å². The van der Waals surface area contributed by atoms with E-state index in [1.54, 1.807) is 11.0 Å². The van der Waals surface area contributed by atoms with E-state index < -0.39 is 5.82 Å². The standard InChI is InChI=1S/C13H17FN2O2S/c1-9-7-16(4-5-18-9)13(17)8-19-10-2-3-12(15)11(14)6-10/h2-3,6,9H,4-5,7-8,15H2,1H3. The van der Waals surface area contributed by atoms with Crippen LogP contribution in [0.2, 0.25) is 0 Å². The molecule has 1 aromatic rings. The molecule has 19 heavy (non-hydrogen) atoms. The molecule has 1 heterocycles. The van der Waals surface area contributed by atoms with E-state index >= 15 is 0 Å². The summed E-state index contributed by atoms with van der Waals surface area (Å²) in [6, 6.07) is 4.59. The molecule has 0 bridgehead atoms. The minimum Gasteiger partial charge on any atom is -0.396 e. The first-order valence-electron chi connectivity index (χ1n) is 6.13. The Kier molecular flexibility index (Phi) is 4.66. The molecule has 1 fully saturated rings. The van der Waals surface area contributed by atoms with Gasteiger partial charge in [-0.15, -0.1) is 11.8 Å². The van der Waals surface area contributed by atoms with Gasteiger partial charge in [-0.2, -0.15) is 0 Å². The monoisotopic (exact) mass is 284 g/mol. The van der Waals surface area contributed by atoms with E-state index in [9.17, 15) is 9.18 Å². The molecular weight excluding hydrogens is 267 g/mol. The average molecular weight is 284 g/mol. The lowest BCUT2D eigenvalue weighted by molar-refractivity contribution is -0.135. The van der Waals surface area contributed by atoms with Gasteiger partial charge in [0.2, 0.25) is 5.91 Å². The highest BCUT2D eigenvalue weighted by Gasteiger charge is 2.21. The number of anilines is 1. The van der Waals surface area contributed by atoms with E-state index in [2.05, 4.69) is 0 Å². The van der Waals surface area contributed by atoms with Crippen LogP contribution in [0.15, 0.2) is 23.1 Å². The van der Waals surface area contributed by atoms with Crippen molar-refractivity contribution >= 4 is 23.4 Å². The van der Waals surface area contributed by atoms with Gasteiger partial charge in [0, 0.05) is 18.0 Å². The fraction of sp³-hybridized carbons (Fsp3) is 0.462. The number of ether oxygens (including phenoxy) is 1. The highest BCUT2D eigenvalue weighted by Crippen LogP contribution is 2.22. The second-order valence-electron chi connectivity index (χ2n) is 4.49. The number of hydrogen-bond acceptors (Lipinski definition) is 4. The Morgan fingerprint density at radius 3 is 3.11 bits per heavy atom. The summed E-state index contributed by atoms with van der Waals surface area (Å²) in [5.74, 6) is -0.0920. The van der Waals surface area contributed by atoms with Gasteiger partial charge >= 0.3 is 0 Å². The van der Waals surface area contributed by atoms with Gasteiger partial charge in [-0.1, -0.05) is 0 Å². The lowest BCUT2D eigenvalue weighted by atomic mass is 10.3. The van der Waals surface area contributed by atoms with Gasteiger partial charge in [0.25, 0.3) is 0 Å². The molecule has 1 saturated heterocycles. The fourth-order valence-corrected chi connectivity index (χ4v) is 2.70. The molecule has 0 spiro atoms. The molecule has 0 saturated carbocycles. The van der Waals surface area contributed by atoms with Crippen molar-refractivity contribution in [3.63, 3.8) is 0 Å². The van der Waals surface area contributed by atoms with Gasteiger partial charge in [-0.25, -0.2) is 4.39 Å². The number of nitrogens with two attached hydrogens (primary N) is 1. The minimum atomic E-state index is -0.447. The van der Waals surface area contributed by atoms with Gasteiger partial charge < -0.3 is 15.4 Å². The van der Waals surface area contributed by atoms with Crippen molar-refractivity contribution in [2.45, 2.75) is 17.9 Å². The Balaban J connectivity index is 1.87. The number of rotatable bonds is 3. The average Bonchev–Trinajstić information content (AvgIpc) is 2.40. The van der Waals surface area contributed by atoms with E-state index in [0.717, 1.165) is 0 Å². The lowest BCUT2D eigenvalue weighted by Gasteiger charge is -2.31. The summed E-state index contributed by atoms with van der Waals surface area (Å²) in [5.41, 5.74) is 5.53. The van der Waals surface area contributed by atoms with Crippen molar-refractivity contribution in [1.82, 2.24) is 4.90 Å². The van der Waals surface area contributed by atoms with E-state index in [1.807, 2.05) is 6.92 Å². The van der Waals surface area contributed by atoms with Gasteiger partial charge in [0.05, 0.1) is 24.2 Å². The molecule has 2 N–H and O–H groups in total. The summed E-state index contributed by atoms with van der Waals surface area (Å²) in [6.45, 7) is 3.77. The number of amides is 1. The van der Waals surface area contributed by atoms with Crippen LogP contribution >= 0.6 is 11.8 Å². The third-order valence-corrected chi connectivity index (χ3v) is 3.91. The number of carbonyl (C=O) groups is 1. The third kappa shape index (κ3) is 3.84. The maximum Gasteiger partial charge on any atom is 0.233 e. The van der Waals surface area contributed by atoms with Crippen LogP contribution < -0.4 is 5.73 Å². The largest absolute Gasteiger partial charge is 0.396 e. The van der Waals surface area contributed by atoms with Crippen molar-refractivity contribution in [2.24, 2.45) is 0 Å². The van der Waals surface area contributed by atoms with Crippen LogP contribution in [0.1, 0.15) is 6.92 Å².